The molecule has 0 N–H and O–H groups in total. The molecule has 7 aromatic rings. The smallest absolute Gasteiger partial charge is 0.187 e. The zero-order valence-electron chi connectivity index (χ0n) is 38.9. The molecule has 0 aliphatic heterocycles. The van der Waals surface area contributed by atoms with Crippen LogP contribution in [0, 0.1) is 13.1 Å². The number of nitrogens with zero attached hydrogens (tertiary/aromatic N) is 2. The molecule has 0 fully saturated rings. The van der Waals surface area contributed by atoms with Crippen molar-refractivity contribution >= 4 is 80.0 Å². The van der Waals surface area contributed by atoms with Crippen molar-refractivity contribution in [1.82, 2.24) is 0 Å². The molecule has 0 aliphatic rings. The number of Topliss-reactive ketones (excluding diaryl/α,β-unsaturated/α-hetero) is 6. The van der Waals surface area contributed by atoms with Crippen LogP contribution in [0.3, 0.4) is 0 Å². The van der Waals surface area contributed by atoms with E-state index in [1.165, 1.54) is 40.0 Å². The number of rotatable bonds is 8. The molecule has 0 amide bonds. The van der Waals surface area contributed by atoms with Gasteiger partial charge in [-0.25, -0.2) is 9.69 Å². The third kappa shape index (κ3) is 20.4. The summed E-state index contributed by atoms with van der Waals surface area (Å²) in [4.78, 5) is 71.6. The Morgan fingerprint density at radius 2 is 0.779 bits per heavy atom. The third-order valence-electron chi connectivity index (χ3n) is 9.18. The zero-order valence-corrected chi connectivity index (χ0v) is 40.4. The van der Waals surface area contributed by atoms with Gasteiger partial charge >= 0.3 is 0 Å². The van der Waals surface area contributed by atoms with E-state index in [-0.39, 0.29) is 34.7 Å². The molecule has 0 atom stereocenters. The Hall–Kier alpha value is -8.02. The van der Waals surface area contributed by atoms with Crippen LogP contribution in [0.15, 0.2) is 158 Å². The summed E-state index contributed by atoms with van der Waals surface area (Å²) < 4.78 is 10.0. The number of ketones is 6. The van der Waals surface area contributed by atoms with E-state index in [4.69, 9.17) is 45.8 Å². The van der Waals surface area contributed by atoms with Gasteiger partial charge in [-0.2, -0.15) is 0 Å². The maximum atomic E-state index is 11.1. The van der Waals surface area contributed by atoms with Gasteiger partial charge in [-0.05, 0) is 113 Å². The van der Waals surface area contributed by atoms with Gasteiger partial charge in [0.1, 0.15) is 11.5 Å². The van der Waals surface area contributed by atoms with E-state index >= 15 is 0 Å². The SMILES string of the molecule is CC(=O)c1ccc(Cl)cc1.CC(=O)c1ccc2ccccc2c1.CC(=O)c1cccc(Cl)c1.COc1cc(OC)cc(C(C)=O)c1.[C-]#[N+]c1ccc(C(C)=O)cc1.[C-]#[N+]c1cccc(C(C)=O)c1. The molecule has 0 heterocycles. The quantitative estimate of drug-likeness (QED) is 0.109. The number of ether oxygens (including phenoxy) is 2. The Balaban J connectivity index is 0.000000281. The standard InChI is InChI=1S/C12H10O.C10H12O3.2C9H7NO.2C8H7ClO/c1-9(13)11-7-6-10-4-2-3-5-12(10)8-11;1-7(11)8-4-9(12-2)6-10(5-8)13-3;1-7(11)8-3-5-9(10-2)6-4-8;1-7(11)8-4-3-5-9(6-8)10-2;1-6(10)7-2-4-8(9)5-3-7;1-6(10)7-3-2-4-8(9)5-7/h2-8H,1H3;4-6H,1-3H3;2*3-6H,1H3;2*2-5H,1H3. The Morgan fingerprint density at radius 3 is 1.21 bits per heavy atom. The first kappa shape index (κ1) is 56.1. The van der Waals surface area contributed by atoms with Crippen molar-refractivity contribution in [2.24, 2.45) is 0 Å². The van der Waals surface area contributed by atoms with E-state index < -0.39 is 0 Å². The Morgan fingerprint density at radius 1 is 0.368 bits per heavy atom. The number of fused-ring (bicyclic) bond motifs is 1. The summed E-state index contributed by atoms with van der Waals surface area (Å²) in [5, 5.41) is 3.56. The van der Waals surface area contributed by atoms with Crippen LogP contribution in [-0.4, -0.2) is 48.9 Å². The maximum absolute atomic E-state index is 11.1. The van der Waals surface area contributed by atoms with Gasteiger partial charge in [-0.1, -0.05) is 114 Å². The Kier molecular flexibility index (Phi) is 24.3. The second-order valence-electron chi connectivity index (χ2n) is 14.3. The summed E-state index contributed by atoms with van der Waals surface area (Å²) in [5.74, 6) is 1.51. The van der Waals surface area contributed by atoms with Crippen LogP contribution in [0.4, 0.5) is 11.4 Å². The average molecular weight is 950 g/mol. The van der Waals surface area contributed by atoms with Gasteiger partial charge in [-0.15, -0.1) is 0 Å². The van der Waals surface area contributed by atoms with Crippen LogP contribution in [0.25, 0.3) is 20.5 Å². The van der Waals surface area contributed by atoms with Crippen LogP contribution in [0.2, 0.25) is 10.0 Å². The highest BCUT2D eigenvalue weighted by Crippen LogP contribution is 2.23. The second kappa shape index (κ2) is 29.5. The predicted molar refractivity (Wildman–Crippen MR) is 272 cm³/mol. The minimum absolute atomic E-state index is 0.00259. The van der Waals surface area contributed by atoms with Crippen molar-refractivity contribution < 1.29 is 38.2 Å². The highest BCUT2D eigenvalue weighted by atomic mass is 35.5. The fraction of sp³-hybridized carbons (Fsp3) is 0.143. The first-order chi connectivity index (χ1) is 32.3. The Labute approximate surface area is 407 Å². The van der Waals surface area contributed by atoms with Gasteiger partial charge in [0.15, 0.2) is 46.1 Å². The van der Waals surface area contributed by atoms with Gasteiger partial charge in [0.25, 0.3) is 0 Å². The fourth-order valence-corrected chi connectivity index (χ4v) is 5.69. The fourth-order valence-electron chi connectivity index (χ4n) is 5.38. The van der Waals surface area contributed by atoms with E-state index in [0.717, 1.165) is 10.9 Å². The summed E-state index contributed by atoms with van der Waals surface area (Å²) in [7, 11) is 3.11. The first-order valence-electron chi connectivity index (χ1n) is 20.6. The van der Waals surface area contributed by atoms with Gasteiger partial charge in [0, 0.05) is 49.5 Å². The van der Waals surface area contributed by atoms with Crippen LogP contribution in [0.5, 0.6) is 11.5 Å². The van der Waals surface area contributed by atoms with Crippen molar-refractivity contribution in [2.45, 2.75) is 41.5 Å². The average Bonchev–Trinajstić information content (AvgIpc) is 3.34. The molecule has 0 saturated carbocycles. The molecule has 0 bridgehead atoms. The van der Waals surface area contributed by atoms with Gasteiger partial charge in [0.05, 0.1) is 27.4 Å². The molecule has 7 aromatic carbocycles. The van der Waals surface area contributed by atoms with Crippen molar-refractivity contribution in [1.29, 1.82) is 0 Å². The molecule has 346 valence electrons. The molecule has 0 saturated heterocycles. The van der Waals surface area contributed by atoms with Crippen molar-refractivity contribution in [3.63, 3.8) is 0 Å². The predicted octanol–water partition coefficient (Wildman–Crippen LogP) is 14.9. The number of halogens is 2. The minimum atomic E-state index is -0.00417. The topological polar surface area (TPSA) is 130 Å². The summed E-state index contributed by atoms with van der Waals surface area (Å²) in [6.07, 6.45) is 0. The van der Waals surface area contributed by atoms with E-state index in [1.54, 1.807) is 136 Å². The number of hydrogen-bond donors (Lipinski definition) is 0. The normalized spacial score (nSPS) is 9.35. The molecule has 0 radical (unpaired) electrons. The summed E-state index contributed by atoms with van der Waals surface area (Å²) in [6.45, 7) is 22.5. The van der Waals surface area contributed by atoms with Crippen molar-refractivity contribution in [3.8, 4) is 11.5 Å². The molecular weight excluding hydrogens is 900 g/mol. The van der Waals surface area contributed by atoms with Crippen molar-refractivity contribution in [3.05, 3.63) is 224 Å². The van der Waals surface area contributed by atoms with E-state index in [1.807, 2.05) is 42.5 Å². The largest absolute Gasteiger partial charge is 0.497 e. The number of carbonyl (C=O) groups excluding carboxylic acids is 6. The van der Waals surface area contributed by atoms with E-state index in [9.17, 15) is 28.8 Å². The van der Waals surface area contributed by atoms with Crippen LogP contribution in [-0.2, 0) is 0 Å². The lowest BCUT2D eigenvalue weighted by molar-refractivity contribution is 0.100. The molecule has 68 heavy (non-hydrogen) atoms. The van der Waals surface area contributed by atoms with Crippen LogP contribution in [0.1, 0.15) is 104 Å². The van der Waals surface area contributed by atoms with Crippen molar-refractivity contribution in [2.75, 3.05) is 14.2 Å². The van der Waals surface area contributed by atoms with Gasteiger partial charge in [-0.3, -0.25) is 28.8 Å². The summed E-state index contributed by atoms with van der Waals surface area (Å²) in [6, 6.07) is 45.9. The van der Waals surface area contributed by atoms with Crippen LogP contribution < -0.4 is 9.47 Å². The summed E-state index contributed by atoms with van der Waals surface area (Å²) >= 11 is 11.2. The lowest BCUT2D eigenvalue weighted by atomic mass is 10.1. The molecule has 0 aromatic heterocycles. The molecule has 10 nitrogen and oxygen atoms in total. The van der Waals surface area contributed by atoms with E-state index in [0.29, 0.717) is 60.7 Å². The Bertz CT molecular complexity index is 2910. The molecule has 0 aliphatic carbocycles. The molecule has 0 unspecified atom stereocenters. The summed E-state index contributed by atoms with van der Waals surface area (Å²) in [5.41, 5.74) is 5.05. The number of methoxy groups -OCH3 is 2. The molecular formula is C56H50Cl2N2O8. The lowest BCUT2D eigenvalue weighted by Crippen LogP contribution is -1.95. The monoisotopic (exact) mass is 948 g/mol. The van der Waals surface area contributed by atoms with Gasteiger partial charge < -0.3 is 9.47 Å². The second-order valence-corrected chi connectivity index (χ2v) is 15.2. The lowest BCUT2D eigenvalue weighted by Gasteiger charge is -2.05. The number of carbonyl (C=O) groups is 6. The van der Waals surface area contributed by atoms with Crippen LogP contribution >= 0.6 is 23.2 Å². The van der Waals surface area contributed by atoms with E-state index in [2.05, 4.69) is 9.69 Å². The highest BCUT2D eigenvalue weighted by molar-refractivity contribution is 6.31. The molecule has 7 rings (SSSR count). The number of benzene rings is 7. The third-order valence-corrected chi connectivity index (χ3v) is 9.67. The molecule has 0 spiro atoms. The highest BCUT2D eigenvalue weighted by Gasteiger charge is 2.05. The first-order valence-corrected chi connectivity index (χ1v) is 21.3. The zero-order chi connectivity index (χ0) is 50.8. The minimum Gasteiger partial charge on any atom is -0.497 e. The number of hydrogen-bond acceptors (Lipinski definition) is 8. The maximum Gasteiger partial charge on any atom is 0.187 e. The van der Waals surface area contributed by atoms with Gasteiger partial charge in [0.2, 0.25) is 0 Å². The molecule has 12 heteroatoms.